The number of rotatable bonds is 7. The first-order valence-corrected chi connectivity index (χ1v) is 7.89. The molecule has 1 aromatic carbocycles. The van der Waals surface area contributed by atoms with Crippen molar-refractivity contribution < 1.29 is 23.8 Å². The maximum absolute atomic E-state index is 12.3. The molecule has 0 N–H and O–H groups in total. The molecule has 0 saturated heterocycles. The molecule has 0 radical (unpaired) electrons. The van der Waals surface area contributed by atoms with Crippen molar-refractivity contribution in [3.8, 4) is 0 Å². The first-order valence-electron chi connectivity index (χ1n) is 7.89. The Bertz CT molecular complexity index is 615. The molecule has 1 aromatic rings. The van der Waals surface area contributed by atoms with Gasteiger partial charge in [0.2, 0.25) is 0 Å². The Kier molecular flexibility index (Phi) is 5.78. The number of carbonyl (C=O) groups excluding carboxylic acids is 2. The number of hydrogen-bond acceptors (Lipinski definition) is 5. The SMILES string of the molecule is COCc1ccc(COC(=O)C2C(/C=C\C(=O)OC)C2(C)C)cc1. The quantitative estimate of drug-likeness (QED) is 0.567. The zero-order chi connectivity index (χ0) is 17.7. The van der Waals surface area contributed by atoms with Gasteiger partial charge in [0.05, 0.1) is 19.6 Å². The van der Waals surface area contributed by atoms with Gasteiger partial charge in [0.15, 0.2) is 0 Å². The molecule has 130 valence electrons. The number of ether oxygens (including phenoxy) is 3. The van der Waals surface area contributed by atoms with Crippen LogP contribution in [0.25, 0.3) is 0 Å². The average Bonchev–Trinajstić information content (AvgIpc) is 3.12. The molecule has 1 saturated carbocycles. The van der Waals surface area contributed by atoms with Gasteiger partial charge in [0.25, 0.3) is 0 Å². The number of allylic oxidation sites excluding steroid dienone is 1. The minimum Gasteiger partial charge on any atom is -0.466 e. The van der Waals surface area contributed by atoms with Gasteiger partial charge in [-0.25, -0.2) is 4.79 Å². The monoisotopic (exact) mass is 332 g/mol. The van der Waals surface area contributed by atoms with E-state index in [1.54, 1.807) is 13.2 Å². The lowest BCUT2D eigenvalue weighted by molar-refractivity contribution is -0.147. The second-order valence-corrected chi connectivity index (χ2v) is 6.56. The zero-order valence-corrected chi connectivity index (χ0v) is 14.6. The topological polar surface area (TPSA) is 61.8 Å². The molecule has 0 bridgehead atoms. The Morgan fingerprint density at radius 2 is 1.67 bits per heavy atom. The smallest absolute Gasteiger partial charge is 0.330 e. The van der Waals surface area contributed by atoms with E-state index in [1.165, 1.54) is 13.2 Å². The van der Waals surface area contributed by atoms with Gasteiger partial charge in [0, 0.05) is 13.2 Å². The van der Waals surface area contributed by atoms with E-state index >= 15 is 0 Å². The van der Waals surface area contributed by atoms with Gasteiger partial charge in [-0.15, -0.1) is 0 Å². The fraction of sp³-hybridized carbons (Fsp3) is 0.474. The van der Waals surface area contributed by atoms with E-state index < -0.39 is 5.97 Å². The molecular formula is C19H24O5. The van der Waals surface area contributed by atoms with Crippen LogP contribution in [-0.4, -0.2) is 26.2 Å². The third-order valence-electron chi connectivity index (χ3n) is 4.52. The van der Waals surface area contributed by atoms with Crippen molar-refractivity contribution in [2.75, 3.05) is 14.2 Å². The Morgan fingerprint density at radius 1 is 1.08 bits per heavy atom. The third-order valence-corrected chi connectivity index (χ3v) is 4.52. The Morgan fingerprint density at radius 3 is 2.21 bits per heavy atom. The molecule has 2 unspecified atom stereocenters. The molecule has 0 aromatic heterocycles. The van der Waals surface area contributed by atoms with Crippen LogP contribution in [0.15, 0.2) is 36.4 Å². The van der Waals surface area contributed by atoms with Crippen LogP contribution < -0.4 is 0 Å². The number of benzene rings is 1. The first kappa shape index (κ1) is 18.2. The number of esters is 2. The van der Waals surface area contributed by atoms with Gasteiger partial charge in [-0.05, 0) is 22.5 Å². The maximum atomic E-state index is 12.3. The predicted octanol–water partition coefficient (Wildman–Crippen LogP) is 2.88. The van der Waals surface area contributed by atoms with Crippen LogP contribution in [0.5, 0.6) is 0 Å². The zero-order valence-electron chi connectivity index (χ0n) is 14.6. The van der Waals surface area contributed by atoms with Gasteiger partial charge in [-0.2, -0.15) is 0 Å². The number of hydrogen-bond donors (Lipinski definition) is 0. The van der Waals surface area contributed by atoms with E-state index in [-0.39, 0.29) is 29.8 Å². The van der Waals surface area contributed by atoms with Crippen LogP contribution in [0.1, 0.15) is 25.0 Å². The molecule has 24 heavy (non-hydrogen) atoms. The lowest BCUT2D eigenvalue weighted by Gasteiger charge is -2.07. The van der Waals surface area contributed by atoms with Gasteiger partial charge >= 0.3 is 11.9 Å². The molecule has 0 heterocycles. The molecule has 2 rings (SSSR count). The molecule has 1 fully saturated rings. The summed E-state index contributed by atoms with van der Waals surface area (Å²) in [6.45, 7) is 4.78. The number of methoxy groups -OCH3 is 2. The molecule has 1 aliphatic carbocycles. The maximum Gasteiger partial charge on any atom is 0.330 e. The van der Waals surface area contributed by atoms with E-state index in [1.807, 2.05) is 38.1 Å². The van der Waals surface area contributed by atoms with Crippen LogP contribution in [0.2, 0.25) is 0 Å². The highest BCUT2D eigenvalue weighted by molar-refractivity contribution is 5.83. The van der Waals surface area contributed by atoms with Crippen molar-refractivity contribution in [1.82, 2.24) is 0 Å². The lowest BCUT2D eigenvalue weighted by Crippen LogP contribution is -2.10. The predicted molar refractivity (Wildman–Crippen MR) is 88.9 cm³/mol. The Hall–Kier alpha value is -2.14. The minimum absolute atomic E-state index is 0.00632. The highest BCUT2D eigenvalue weighted by atomic mass is 16.5. The van der Waals surface area contributed by atoms with Crippen molar-refractivity contribution in [2.24, 2.45) is 17.3 Å². The van der Waals surface area contributed by atoms with Crippen molar-refractivity contribution in [1.29, 1.82) is 0 Å². The molecule has 1 aliphatic rings. The van der Waals surface area contributed by atoms with Gasteiger partial charge in [-0.3, -0.25) is 4.79 Å². The van der Waals surface area contributed by atoms with Gasteiger partial charge in [-0.1, -0.05) is 44.2 Å². The second-order valence-electron chi connectivity index (χ2n) is 6.56. The summed E-state index contributed by atoms with van der Waals surface area (Å²) in [5, 5.41) is 0. The highest BCUT2D eigenvalue weighted by Crippen LogP contribution is 2.59. The van der Waals surface area contributed by atoms with E-state index in [0.717, 1.165) is 11.1 Å². The highest BCUT2D eigenvalue weighted by Gasteiger charge is 2.61. The normalized spacial score (nSPS) is 21.5. The third kappa shape index (κ3) is 4.23. The summed E-state index contributed by atoms with van der Waals surface area (Å²) in [6.07, 6.45) is 3.10. The summed E-state index contributed by atoms with van der Waals surface area (Å²) in [5.41, 5.74) is 1.80. The molecule has 0 aliphatic heterocycles. The summed E-state index contributed by atoms with van der Waals surface area (Å²) in [6, 6.07) is 7.76. The van der Waals surface area contributed by atoms with Crippen LogP contribution >= 0.6 is 0 Å². The van der Waals surface area contributed by atoms with Crippen molar-refractivity contribution in [3.63, 3.8) is 0 Å². The van der Waals surface area contributed by atoms with Crippen LogP contribution in [0.4, 0.5) is 0 Å². The van der Waals surface area contributed by atoms with Crippen LogP contribution in [0, 0.1) is 17.3 Å². The first-order chi connectivity index (χ1) is 11.4. The Balaban J connectivity index is 1.88. The molecule has 0 spiro atoms. The molecular weight excluding hydrogens is 308 g/mol. The second kappa shape index (κ2) is 7.62. The van der Waals surface area contributed by atoms with E-state index in [0.29, 0.717) is 6.61 Å². The summed E-state index contributed by atoms with van der Waals surface area (Å²) in [7, 11) is 2.98. The summed E-state index contributed by atoms with van der Waals surface area (Å²) in [5.74, 6) is -0.888. The molecule has 2 atom stereocenters. The van der Waals surface area contributed by atoms with Gasteiger partial charge < -0.3 is 14.2 Å². The van der Waals surface area contributed by atoms with E-state index in [4.69, 9.17) is 9.47 Å². The summed E-state index contributed by atoms with van der Waals surface area (Å²) in [4.78, 5) is 23.5. The summed E-state index contributed by atoms with van der Waals surface area (Å²) >= 11 is 0. The fourth-order valence-corrected chi connectivity index (χ4v) is 2.88. The molecule has 5 heteroatoms. The van der Waals surface area contributed by atoms with E-state index in [2.05, 4.69) is 4.74 Å². The Labute approximate surface area is 142 Å². The largest absolute Gasteiger partial charge is 0.466 e. The average molecular weight is 332 g/mol. The fourth-order valence-electron chi connectivity index (χ4n) is 2.88. The standard InChI is InChI=1S/C19H24O5/c1-19(2)15(9-10-16(20)23-4)17(19)18(21)24-12-14-7-5-13(6-8-14)11-22-3/h5-10,15,17H,11-12H2,1-4H3/b10-9-. The summed E-state index contributed by atoms with van der Waals surface area (Å²) < 4.78 is 15.1. The lowest BCUT2D eigenvalue weighted by atomic mass is 10.1. The van der Waals surface area contributed by atoms with E-state index in [9.17, 15) is 9.59 Å². The number of carbonyl (C=O) groups is 2. The van der Waals surface area contributed by atoms with Crippen molar-refractivity contribution >= 4 is 11.9 Å². The van der Waals surface area contributed by atoms with Crippen molar-refractivity contribution in [3.05, 3.63) is 47.5 Å². The molecule has 5 nitrogen and oxygen atoms in total. The van der Waals surface area contributed by atoms with Gasteiger partial charge in [0.1, 0.15) is 6.61 Å². The van der Waals surface area contributed by atoms with Crippen molar-refractivity contribution in [2.45, 2.75) is 27.1 Å². The van der Waals surface area contributed by atoms with Crippen LogP contribution in [-0.2, 0) is 37.0 Å². The molecule has 0 amide bonds. The van der Waals surface area contributed by atoms with Crippen LogP contribution in [0.3, 0.4) is 0 Å². The minimum atomic E-state index is -0.416.